The third-order valence-electron chi connectivity index (χ3n) is 2.32. The molecule has 100 valence electrons. The minimum atomic E-state index is -3.62. The average Bonchev–Trinajstić information content (AvgIpc) is 2.25. The molecule has 1 rings (SSSR count). The molecule has 0 saturated heterocycles. The summed E-state index contributed by atoms with van der Waals surface area (Å²) >= 11 is 0. The first-order valence-electron chi connectivity index (χ1n) is 4.97. The molecule has 0 aliphatic carbocycles. The van der Waals surface area contributed by atoms with Crippen LogP contribution in [0.2, 0.25) is 0 Å². The molecule has 6 nitrogen and oxygen atoms in total. The summed E-state index contributed by atoms with van der Waals surface area (Å²) in [6.45, 7) is 0. The van der Waals surface area contributed by atoms with Crippen LogP contribution < -0.4 is 9.47 Å². The fraction of sp³-hybridized carbons (Fsp3) is 0.364. The lowest BCUT2D eigenvalue weighted by Gasteiger charge is -2.14. The highest BCUT2D eigenvalue weighted by molar-refractivity contribution is 7.90. The van der Waals surface area contributed by atoms with Crippen LogP contribution in [0.1, 0.15) is 5.56 Å². The van der Waals surface area contributed by atoms with Crippen molar-refractivity contribution in [3.05, 3.63) is 17.7 Å². The second-order valence-corrected chi connectivity index (χ2v) is 5.57. The molecule has 0 saturated carbocycles. The molecule has 0 spiro atoms. The highest BCUT2D eigenvalue weighted by atomic mass is 32.2. The summed E-state index contributed by atoms with van der Waals surface area (Å²) in [5.41, 5.74) is 0.0897. The molecule has 0 bridgehead atoms. The number of benzene rings is 1. The van der Waals surface area contributed by atoms with E-state index >= 15 is 0 Å². The van der Waals surface area contributed by atoms with E-state index in [1.165, 1.54) is 26.4 Å². The quantitative estimate of drug-likeness (QED) is 0.851. The number of ether oxygens (including phenoxy) is 2. The van der Waals surface area contributed by atoms with Crippen molar-refractivity contribution >= 4 is 15.8 Å². The molecule has 0 aromatic heterocycles. The first-order chi connectivity index (χ1) is 8.31. The van der Waals surface area contributed by atoms with E-state index in [1.54, 1.807) is 0 Å². The van der Waals surface area contributed by atoms with Crippen molar-refractivity contribution < 1.29 is 27.8 Å². The molecule has 0 radical (unpaired) electrons. The fourth-order valence-corrected chi connectivity index (χ4v) is 2.80. The predicted molar refractivity (Wildman–Crippen MR) is 64.0 cm³/mol. The van der Waals surface area contributed by atoms with Crippen LogP contribution in [-0.4, -0.2) is 40.0 Å². The summed E-state index contributed by atoms with van der Waals surface area (Å²) in [5, 5.41) is 8.85. The molecular weight excluding hydrogens is 260 g/mol. The lowest BCUT2D eigenvalue weighted by molar-refractivity contribution is -0.136. The van der Waals surface area contributed by atoms with Crippen molar-refractivity contribution in [2.75, 3.05) is 20.5 Å². The van der Waals surface area contributed by atoms with E-state index in [0.29, 0.717) is 0 Å². The molecule has 18 heavy (non-hydrogen) atoms. The number of hydrogen-bond donors (Lipinski definition) is 1. The second-order valence-electron chi connectivity index (χ2n) is 3.62. The molecule has 0 aliphatic heterocycles. The van der Waals surface area contributed by atoms with E-state index in [0.717, 1.165) is 6.26 Å². The van der Waals surface area contributed by atoms with Gasteiger partial charge in [-0.1, -0.05) is 0 Å². The van der Waals surface area contributed by atoms with Crippen molar-refractivity contribution in [3.8, 4) is 11.5 Å². The van der Waals surface area contributed by atoms with Crippen LogP contribution in [0, 0.1) is 0 Å². The van der Waals surface area contributed by atoms with Gasteiger partial charge in [-0.15, -0.1) is 0 Å². The van der Waals surface area contributed by atoms with E-state index in [1.807, 2.05) is 0 Å². The van der Waals surface area contributed by atoms with Crippen LogP contribution in [0.25, 0.3) is 0 Å². The van der Waals surface area contributed by atoms with Gasteiger partial charge in [0.25, 0.3) is 0 Å². The van der Waals surface area contributed by atoms with Crippen molar-refractivity contribution in [1.82, 2.24) is 0 Å². The third kappa shape index (κ3) is 2.92. The molecule has 7 heteroatoms. The molecule has 1 aromatic rings. The molecule has 0 atom stereocenters. The Hall–Kier alpha value is -1.76. The normalized spacial score (nSPS) is 11.1. The average molecular weight is 274 g/mol. The highest BCUT2D eigenvalue weighted by Crippen LogP contribution is 2.34. The number of methoxy groups -OCH3 is 2. The van der Waals surface area contributed by atoms with Gasteiger partial charge in [0.05, 0.1) is 20.6 Å². The van der Waals surface area contributed by atoms with Crippen LogP contribution in [-0.2, 0) is 21.1 Å². The minimum Gasteiger partial charge on any atom is -0.496 e. The Balaban J connectivity index is 3.64. The predicted octanol–water partition coefficient (Wildman–Crippen LogP) is 0.734. The van der Waals surface area contributed by atoms with Gasteiger partial charge < -0.3 is 14.6 Å². The first kappa shape index (κ1) is 14.3. The molecule has 1 aromatic carbocycles. The Kier molecular flexibility index (Phi) is 4.18. The Morgan fingerprint density at radius 1 is 1.22 bits per heavy atom. The maximum absolute atomic E-state index is 11.8. The fourth-order valence-electron chi connectivity index (χ4n) is 1.67. The van der Waals surface area contributed by atoms with Gasteiger partial charge in [0, 0.05) is 11.8 Å². The summed E-state index contributed by atoms with van der Waals surface area (Å²) in [7, 11) is -0.956. The van der Waals surface area contributed by atoms with Crippen molar-refractivity contribution in [1.29, 1.82) is 0 Å². The molecule has 0 amide bonds. The standard InChI is InChI=1S/C11H14O6S/c1-16-8-4-5-9(17-2)11(18(3,14)15)7(8)6-10(12)13/h4-5H,6H2,1-3H3,(H,12,13). The van der Waals surface area contributed by atoms with E-state index in [9.17, 15) is 13.2 Å². The van der Waals surface area contributed by atoms with Gasteiger partial charge in [-0.25, -0.2) is 8.42 Å². The van der Waals surface area contributed by atoms with Crippen molar-refractivity contribution in [3.63, 3.8) is 0 Å². The van der Waals surface area contributed by atoms with Gasteiger partial charge in [-0.2, -0.15) is 0 Å². The summed E-state index contributed by atoms with van der Waals surface area (Å²) in [6.07, 6.45) is 0.540. The Morgan fingerprint density at radius 2 is 1.72 bits per heavy atom. The lowest BCUT2D eigenvalue weighted by atomic mass is 10.1. The van der Waals surface area contributed by atoms with Crippen LogP contribution in [0.4, 0.5) is 0 Å². The number of carbonyl (C=O) groups is 1. The number of hydrogen-bond acceptors (Lipinski definition) is 5. The Labute approximate surface area is 105 Å². The van der Waals surface area contributed by atoms with E-state index in [4.69, 9.17) is 14.6 Å². The van der Waals surface area contributed by atoms with Gasteiger partial charge in [-0.05, 0) is 12.1 Å². The lowest BCUT2D eigenvalue weighted by Crippen LogP contribution is -2.11. The van der Waals surface area contributed by atoms with E-state index < -0.39 is 22.2 Å². The topological polar surface area (TPSA) is 89.9 Å². The highest BCUT2D eigenvalue weighted by Gasteiger charge is 2.24. The van der Waals surface area contributed by atoms with E-state index in [2.05, 4.69) is 0 Å². The van der Waals surface area contributed by atoms with Gasteiger partial charge in [0.15, 0.2) is 9.84 Å². The van der Waals surface area contributed by atoms with Crippen LogP contribution in [0.3, 0.4) is 0 Å². The first-order valence-corrected chi connectivity index (χ1v) is 6.86. The van der Waals surface area contributed by atoms with Crippen LogP contribution >= 0.6 is 0 Å². The molecule has 0 aliphatic rings. The minimum absolute atomic E-state index is 0.0897. The zero-order valence-corrected chi connectivity index (χ0v) is 11.1. The zero-order chi connectivity index (χ0) is 13.9. The van der Waals surface area contributed by atoms with Gasteiger partial charge >= 0.3 is 5.97 Å². The number of aliphatic carboxylic acids is 1. The monoisotopic (exact) mass is 274 g/mol. The van der Waals surface area contributed by atoms with Crippen molar-refractivity contribution in [2.45, 2.75) is 11.3 Å². The number of carboxylic acid groups (broad SMARTS) is 1. The Bertz CT molecular complexity index is 561. The van der Waals surface area contributed by atoms with Crippen LogP contribution in [0.5, 0.6) is 11.5 Å². The Morgan fingerprint density at radius 3 is 2.11 bits per heavy atom. The molecule has 1 N–H and O–H groups in total. The zero-order valence-electron chi connectivity index (χ0n) is 10.3. The summed E-state index contributed by atoms with van der Waals surface area (Å²) in [4.78, 5) is 10.7. The maximum atomic E-state index is 11.8. The molecular formula is C11H14O6S. The number of carboxylic acids is 1. The third-order valence-corrected chi connectivity index (χ3v) is 3.51. The van der Waals surface area contributed by atoms with Gasteiger partial charge in [0.1, 0.15) is 16.4 Å². The second kappa shape index (κ2) is 5.26. The van der Waals surface area contributed by atoms with Gasteiger partial charge in [-0.3, -0.25) is 4.79 Å². The largest absolute Gasteiger partial charge is 0.496 e. The van der Waals surface area contributed by atoms with Crippen molar-refractivity contribution in [2.24, 2.45) is 0 Å². The molecule has 0 heterocycles. The molecule has 0 fully saturated rings. The van der Waals surface area contributed by atoms with Gasteiger partial charge in [0.2, 0.25) is 0 Å². The summed E-state index contributed by atoms with van der Waals surface area (Å²) in [6, 6.07) is 2.91. The summed E-state index contributed by atoms with van der Waals surface area (Å²) < 4.78 is 33.5. The van der Waals surface area contributed by atoms with Crippen LogP contribution in [0.15, 0.2) is 17.0 Å². The number of rotatable bonds is 5. The number of sulfone groups is 1. The summed E-state index contributed by atoms with van der Waals surface area (Å²) in [5.74, 6) is -0.834. The maximum Gasteiger partial charge on any atom is 0.308 e. The van der Waals surface area contributed by atoms with E-state index in [-0.39, 0.29) is 22.0 Å². The SMILES string of the molecule is COc1ccc(OC)c(S(C)(=O)=O)c1CC(=O)O. The molecule has 0 unspecified atom stereocenters. The smallest absolute Gasteiger partial charge is 0.308 e.